The second-order valence-corrected chi connectivity index (χ2v) is 7.76. The van der Waals surface area contributed by atoms with E-state index < -0.39 is 23.4 Å². The Balaban J connectivity index is 1.51. The maximum absolute atomic E-state index is 13.2. The molecule has 0 radical (unpaired) electrons. The van der Waals surface area contributed by atoms with Crippen molar-refractivity contribution in [1.82, 2.24) is 20.7 Å². The molecule has 2 N–H and O–H groups in total. The Morgan fingerprint density at radius 2 is 1.87 bits per heavy atom. The van der Waals surface area contributed by atoms with Crippen LogP contribution in [-0.4, -0.2) is 40.2 Å². The van der Waals surface area contributed by atoms with Gasteiger partial charge in [-0.1, -0.05) is 49.4 Å². The normalized spacial score (nSPS) is 20.9. The van der Waals surface area contributed by atoms with Crippen molar-refractivity contribution in [3.8, 4) is 0 Å². The van der Waals surface area contributed by atoms with Gasteiger partial charge in [-0.25, -0.2) is 4.79 Å². The lowest BCUT2D eigenvalue weighted by atomic mass is 9.87. The van der Waals surface area contributed by atoms with Crippen LogP contribution in [0.5, 0.6) is 0 Å². The first-order chi connectivity index (χ1) is 14.9. The fourth-order valence-corrected chi connectivity index (χ4v) is 4.11. The summed E-state index contributed by atoms with van der Waals surface area (Å²) >= 11 is 0. The van der Waals surface area contributed by atoms with Gasteiger partial charge in [0.25, 0.3) is 11.8 Å². The van der Waals surface area contributed by atoms with Crippen LogP contribution < -0.4 is 10.7 Å². The van der Waals surface area contributed by atoms with Gasteiger partial charge in [0, 0.05) is 25.1 Å². The summed E-state index contributed by atoms with van der Waals surface area (Å²) in [6, 6.07) is 15.1. The largest absolute Gasteiger partial charge is 0.344 e. The Bertz CT molecular complexity index is 1040. The predicted octanol–water partition coefficient (Wildman–Crippen LogP) is 2.31. The number of amides is 5. The van der Waals surface area contributed by atoms with E-state index in [0.717, 1.165) is 17.0 Å². The number of carbonyl (C=O) groups is 4. The van der Waals surface area contributed by atoms with Crippen LogP contribution in [0.2, 0.25) is 0 Å². The van der Waals surface area contributed by atoms with Crippen LogP contribution in [0.3, 0.4) is 0 Å². The number of nitrogens with one attached hydrogen (secondary N) is 2. The van der Waals surface area contributed by atoms with Crippen LogP contribution in [0.4, 0.5) is 4.79 Å². The molecule has 0 aromatic heterocycles. The molecule has 0 spiro atoms. The molecule has 0 saturated carbocycles. The summed E-state index contributed by atoms with van der Waals surface area (Å²) < 4.78 is 0. The summed E-state index contributed by atoms with van der Waals surface area (Å²) in [5, 5.41) is 3.48. The molecule has 8 nitrogen and oxygen atoms in total. The topological polar surface area (TPSA) is 98.8 Å². The number of carbonyl (C=O) groups excluding carboxylic acids is 4. The van der Waals surface area contributed by atoms with Gasteiger partial charge >= 0.3 is 6.03 Å². The molecular weight excluding hydrogens is 396 g/mol. The molecule has 5 amide bonds. The smallest absolute Gasteiger partial charge is 0.338 e. The standard InChI is InChI=1S/C23H24N4O4/c1-2-23(18-10-4-3-5-11-18)21(30)27(22(31)24-23)25-20(29)17-9-6-8-16(14-17)15-26-13-7-12-19(26)28/h3-6,8-11,14H,2,7,12-13,15H2,1H3,(H,24,31)(H,25,29)/t23-/m0/s1. The van der Waals surface area contributed by atoms with E-state index in [-0.39, 0.29) is 5.91 Å². The number of rotatable bonds is 6. The van der Waals surface area contributed by atoms with Crippen molar-refractivity contribution < 1.29 is 19.2 Å². The highest BCUT2D eigenvalue weighted by Gasteiger charge is 2.52. The van der Waals surface area contributed by atoms with Gasteiger partial charge in [-0.2, -0.15) is 5.01 Å². The quantitative estimate of drug-likeness (QED) is 0.701. The van der Waals surface area contributed by atoms with Gasteiger partial charge in [-0.3, -0.25) is 19.8 Å². The molecule has 0 bridgehead atoms. The third kappa shape index (κ3) is 3.76. The lowest BCUT2D eigenvalue weighted by Crippen LogP contribution is -2.48. The Morgan fingerprint density at radius 1 is 1.10 bits per heavy atom. The molecule has 2 aromatic carbocycles. The zero-order valence-corrected chi connectivity index (χ0v) is 17.3. The fraction of sp³-hybridized carbons (Fsp3) is 0.304. The van der Waals surface area contributed by atoms with Crippen molar-refractivity contribution in [1.29, 1.82) is 0 Å². The van der Waals surface area contributed by atoms with Crippen molar-refractivity contribution in [2.75, 3.05) is 6.54 Å². The van der Waals surface area contributed by atoms with Crippen LogP contribution in [0.25, 0.3) is 0 Å². The molecule has 4 rings (SSSR count). The van der Waals surface area contributed by atoms with E-state index in [2.05, 4.69) is 10.7 Å². The van der Waals surface area contributed by atoms with Gasteiger partial charge < -0.3 is 10.2 Å². The van der Waals surface area contributed by atoms with Gasteiger partial charge in [-0.15, -0.1) is 0 Å². The van der Waals surface area contributed by atoms with Gasteiger partial charge in [0.2, 0.25) is 5.91 Å². The molecule has 0 aliphatic carbocycles. The Morgan fingerprint density at radius 3 is 2.55 bits per heavy atom. The lowest BCUT2D eigenvalue weighted by molar-refractivity contribution is -0.133. The summed E-state index contributed by atoms with van der Waals surface area (Å²) in [6.45, 7) is 2.94. The first kappa shape index (κ1) is 20.6. The van der Waals surface area contributed by atoms with E-state index in [0.29, 0.717) is 37.1 Å². The Labute approximate surface area is 180 Å². The first-order valence-corrected chi connectivity index (χ1v) is 10.3. The van der Waals surface area contributed by atoms with E-state index >= 15 is 0 Å². The molecule has 160 valence electrons. The monoisotopic (exact) mass is 420 g/mol. The highest BCUT2D eigenvalue weighted by molar-refractivity contribution is 6.09. The maximum atomic E-state index is 13.2. The van der Waals surface area contributed by atoms with Crippen molar-refractivity contribution in [3.63, 3.8) is 0 Å². The van der Waals surface area contributed by atoms with Crippen LogP contribution in [-0.2, 0) is 21.7 Å². The summed E-state index contributed by atoms with van der Waals surface area (Å²) in [5.74, 6) is -0.998. The minimum absolute atomic E-state index is 0.103. The molecule has 8 heteroatoms. The third-order valence-electron chi connectivity index (χ3n) is 5.84. The van der Waals surface area contributed by atoms with Gasteiger partial charge in [-0.05, 0) is 36.1 Å². The summed E-state index contributed by atoms with van der Waals surface area (Å²) in [7, 11) is 0. The number of nitrogens with zero attached hydrogens (tertiary/aromatic N) is 2. The van der Waals surface area contributed by atoms with Crippen LogP contribution >= 0.6 is 0 Å². The number of hydrogen-bond acceptors (Lipinski definition) is 4. The molecule has 2 saturated heterocycles. The van der Waals surface area contributed by atoms with E-state index in [1.54, 1.807) is 54.3 Å². The SMILES string of the molecule is CC[C@@]1(c2ccccc2)NC(=O)N(NC(=O)c2cccc(CN3CCCC3=O)c2)C1=O. The van der Waals surface area contributed by atoms with Crippen LogP contribution in [0.15, 0.2) is 54.6 Å². The maximum Gasteiger partial charge on any atom is 0.344 e. The zero-order valence-electron chi connectivity index (χ0n) is 17.3. The highest BCUT2D eigenvalue weighted by Crippen LogP contribution is 2.31. The predicted molar refractivity (Wildman–Crippen MR) is 112 cm³/mol. The molecule has 0 unspecified atom stereocenters. The van der Waals surface area contributed by atoms with Gasteiger partial charge in [0.05, 0.1) is 0 Å². The minimum atomic E-state index is -1.22. The second kappa shape index (κ2) is 8.22. The van der Waals surface area contributed by atoms with E-state index in [1.165, 1.54) is 0 Å². The zero-order chi connectivity index (χ0) is 22.0. The number of urea groups is 1. The van der Waals surface area contributed by atoms with Crippen molar-refractivity contribution >= 4 is 23.8 Å². The van der Waals surface area contributed by atoms with Crippen LogP contribution in [0.1, 0.15) is 47.7 Å². The molecular formula is C23H24N4O4. The van der Waals surface area contributed by atoms with Gasteiger partial charge in [0.1, 0.15) is 5.54 Å². The lowest BCUT2D eigenvalue weighted by Gasteiger charge is -2.25. The Hall–Kier alpha value is -3.68. The van der Waals surface area contributed by atoms with Crippen molar-refractivity contribution in [2.24, 2.45) is 0 Å². The average Bonchev–Trinajstić information content (AvgIpc) is 3.30. The third-order valence-corrected chi connectivity index (χ3v) is 5.84. The fourth-order valence-electron chi connectivity index (χ4n) is 4.11. The van der Waals surface area contributed by atoms with E-state index in [1.807, 2.05) is 12.1 Å². The molecule has 2 heterocycles. The number of imide groups is 1. The summed E-state index contributed by atoms with van der Waals surface area (Å²) in [6.07, 6.45) is 1.73. The average molecular weight is 420 g/mol. The van der Waals surface area contributed by atoms with Crippen molar-refractivity contribution in [2.45, 2.75) is 38.3 Å². The number of benzene rings is 2. The van der Waals surface area contributed by atoms with E-state index in [4.69, 9.17) is 0 Å². The number of hydrazine groups is 1. The van der Waals surface area contributed by atoms with Crippen LogP contribution in [0, 0.1) is 0 Å². The molecule has 2 aromatic rings. The van der Waals surface area contributed by atoms with Gasteiger partial charge in [0.15, 0.2) is 0 Å². The second-order valence-electron chi connectivity index (χ2n) is 7.76. The number of likely N-dealkylation sites (tertiary alicyclic amines) is 1. The van der Waals surface area contributed by atoms with E-state index in [9.17, 15) is 19.2 Å². The molecule has 1 atom stereocenters. The first-order valence-electron chi connectivity index (χ1n) is 10.3. The Kier molecular flexibility index (Phi) is 5.46. The number of hydrogen-bond donors (Lipinski definition) is 2. The molecule has 31 heavy (non-hydrogen) atoms. The highest BCUT2D eigenvalue weighted by atomic mass is 16.2. The summed E-state index contributed by atoms with van der Waals surface area (Å²) in [4.78, 5) is 52.2. The molecule has 2 fully saturated rings. The molecule has 2 aliphatic heterocycles. The molecule has 2 aliphatic rings. The van der Waals surface area contributed by atoms with Crippen molar-refractivity contribution in [3.05, 3.63) is 71.3 Å². The minimum Gasteiger partial charge on any atom is -0.338 e. The summed E-state index contributed by atoms with van der Waals surface area (Å²) in [5.41, 5.74) is 2.99.